The van der Waals surface area contributed by atoms with Crippen LogP contribution in [0.1, 0.15) is 17.2 Å². The van der Waals surface area contributed by atoms with Gasteiger partial charge >= 0.3 is 5.97 Å². The van der Waals surface area contributed by atoms with Gasteiger partial charge in [-0.3, -0.25) is 4.79 Å². The van der Waals surface area contributed by atoms with Gasteiger partial charge in [-0.25, -0.2) is 17.2 Å². The topological polar surface area (TPSA) is 80.7 Å². The normalized spacial score (nSPS) is 17.1. The molecule has 0 spiro atoms. The summed E-state index contributed by atoms with van der Waals surface area (Å²) < 4.78 is 29.7. The van der Waals surface area contributed by atoms with Crippen molar-refractivity contribution in [3.63, 3.8) is 0 Å². The zero-order chi connectivity index (χ0) is 25.9. The molecule has 6 nitrogen and oxygen atoms in total. The third kappa shape index (κ3) is 3.88. The molecule has 1 N–H and O–H groups in total. The number of aromatic nitrogens is 1. The van der Waals surface area contributed by atoms with Gasteiger partial charge < -0.3 is 5.11 Å². The Morgan fingerprint density at radius 1 is 1.08 bits per heavy atom. The fraction of sp³-hybridized carbons (Fsp3) is 0.111. The van der Waals surface area contributed by atoms with Crippen molar-refractivity contribution in [1.29, 1.82) is 0 Å². The molecule has 1 saturated carbocycles. The van der Waals surface area contributed by atoms with Crippen LogP contribution < -0.4 is 0 Å². The van der Waals surface area contributed by atoms with E-state index < -0.39 is 21.9 Å². The second-order valence-electron chi connectivity index (χ2n) is 8.70. The van der Waals surface area contributed by atoms with Crippen LogP contribution in [-0.2, 0) is 14.8 Å². The third-order valence-corrected chi connectivity index (χ3v) is 10.5. The number of para-hydroxylation sites is 1. The summed E-state index contributed by atoms with van der Waals surface area (Å²) in [6, 6.07) is 18.9. The van der Waals surface area contributed by atoms with E-state index in [-0.39, 0.29) is 10.8 Å². The van der Waals surface area contributed by atoms with Crippen molar-refractivity contribution in [3.05, 3.63) is 93.4 Å². The van der Waals surface area contributed by atoms with E-state index in [9.17, 15) is 18.3 Å². The number of carboxylic acid groups (broad SMARTS) is 1. The van der Waals surface area contributed by atoms with Crippen LogP contribution in [0.2, 0.25) is 5.02 Å². The summed E-state index contributed by atoms with van der Waals surface area (Å²) in [5.41, 5.74) is 2.29. The zero-order valence-electron chi connectivity index (χ0n) is 19.0. The molecule has 6 rings (SSSR count). The number of halogens is 1. The number of thiophene rings is 2. The number of fused-ring (bicyclic) bond motifs is 1. The van der Waals surface area contributed by atoms with Crippen LogP contribution in [0.5, 0.6) is 0 Å². The summed E-state index contributed by atoms with van der Waals surface area (Å²) in [5, 5.41) is 12.8. The lowest BCUT2D eigenvalue weighted by Crippen LogP contribution is -2.14. The first-order valence-electron chi connectivity index (χ1n) is 11.2. The number of benzene rings is 2. The van der Waals surface area contributed by atoms with E-state index in [1.165, 1.54) is 38.8 Å². The van der Waals surface area contributed by atoms with Crippen molar-refractivity contribution in [2.24, 2.45) is 5.92 Å². The summed E-state index contributed by atoms with van der Waals surface area (Å²) in [7, 11) is -4.07. The minimum atomic E-state index is -4.07. The Hall–Kier alpha value is -3.42. The molecule has 2 unspecified atom stereocenters. The lowest BCUT2D eigenvalue weighted by atomic mass is 10.0. The van der Waals surface area contributed by atoms with E-state index in [0.717, 1.165) is 4.88 Å². The molecule has 10 heteroatoms. The maximum absolute atomic E-state index is 14.2. The van der Waals surface area contributed by atoms with Crippen LogP contribution in [-0.4, -0.2) is 23.5 Å². The Balaban J connectivity index is 1.67. The second-order valence-corrected chi connectivity index (χ2v) is 12.9. The molecule has 0 saturated heterocycles. The van der Waals surface area contributed by atoms with Gasteiger partial charge in [0.2, 0.25) is 5.00 Å². The lowest BCUT2D eigenvalue weighted by molar-refractivity contribution is -0.138. The van der Waals surface area contributed by atoms with Crippen molar-refractivity contribution >= 4 is 66.2 Å². The molecule has 37 heavy (non-hydrogen) atoms. The average molecular weight is 565 g/mol. The molecule has 0 radical (unpaired) electrons. The van der Waals surface area contributed by atoms with Crippen LogP contribution in [0, 0.1) is 12.5 Å². The molecule has 1 aliphatic rings. The highest BCUT2D eigenvalue weighted by Crippen LogP contribution is 2.53. The zero-order valence-corrected chi connectivity index (χ0v) is 22.2. The number of aliphatic carboxylic acids is 1. The molecular formula is C27H17ClN2O4S3. The van der Waals surface area contributed by atoms with Gasteiger partial charge in [0.1, 0.15) is 0 Å². The maximum Gasteiger partial charge on any atom is 0.307 e. The SMILES string of the molecule is [C-]#[N+]c1sccc1-c1c(-c2ccc(C3CC3C(=O)O)s2)n(S(=O)(=O)c2ccc(Cl)cc2)c2ccccc12. The Bertz CT molecular complexity index is 1840. The quantitative estimate of drug-likeness (QED) is 0.214. The molecule has 0 aliphatic heterocycles. The van der Waals surface area contributed by atoms with Crippen LogP contribution in [0.3, 0.4) is 0 Å². The van der Waals surface area contributed by atoms with Crippen LogP contribution in [0.4, 0.5) is 5.00 Å². The number of hydrogen-bond acceptors (Lipinski definition) is 5. The Morgan fingerprint density at radius 3 is 2.54 bits per heavy atom. The van der Waals surface area contributed by atoms with Crippen molar-refractivity contribution in [2.45, 2.75) is 17.2 Å². The van der Waals surface area contributed by atoms with Gasteiger partial charge in [0.15, 0.2) is 0 Å². The first-order chi connectivity index (χ1) is 17.8. The van der Waals surface area contributed by atoms with Gasteiger partial charge in [-0.2, -0.15) is 11.3 Å². The number of carboxylic acids is 1. The summed E-state index contributed by atoms with van der Waals surface area (Å²) >= 11 is 8.75. The fourth-order valence-electron chi connectivity index (χ4n) is 4.71. The average Bonchev–Trinajstić information content (AvgIpc) is 3.20. The highest BCUT2D eigenvalue weighted by molar-refractivity contribution is 7.90. The van der Waals surface area contributed by atoms with Gasteiger partial charge in [0.25, 0.3) is 10.0 Å². The van der Waals surface area contributed by atoms with E-state index >= 15 is 0 Å². The van der Waals surface area contributed by atoms with E-state index in [0.29, 0.717) is 49.0 Å². The molecule has 1 aliphatic carbocycles. The van der Waals surface area contributed by atoms with Gasteiger partial charge in [-0.15, -0.1) is 11.3 Å². The van der Waals surface area contributed by atoms with Crippen LogP contribution in [0.25, 0.3) is 37.4 Å². The molecule has 5 aromatic rings. The maximum atomic E-state index is 14.2. The number of nitrogens with zero attached hydrogens (tertiary/aromatic N) is 2. The molecule has 2 atom stereocenters. The van der Waals surface area contributed by atoms with Gasteiger partial charge in [0.05, 0.1) is 33.5 Å². The molecule has 2 aromatic carbocycles. The van der Waals surface area contributed by atoms with Crippen LogP contribution in [0.15, 0.2) is 77.0 Å². The lowest BCUT2D eigenvalue weighted by Gasteiger charge is -2.13. The fourth-order valence-corrected chi connectivity index (χ4v) is 8.34. The molecule has 184 valence electrons. The van der Waals surface area contributed by atoms with Gasteiger partial charge in [-0.1, -0.05) is 35.9 Å². The van der Waals surface area contributed by atoms with E-state index in [2.05, 4.69) is 4.85 Å². The van der Waals surface area contributed by atoms with Crippen LogP contribution >= 0.6 is 34.3 Å². The number of rotatable bonds is 6. The van der Waals surface area contributed by atoms with E-state index in [4.69, 9.17) is 18.2 Å². The van der Waals surface area contributed by atoms with Crippen molar-refractivity contribution < 1.29 is 18.3 Å². The van der Waals surface area contributed by atoms with Gasteiger partial charge in [0, 0.05) is 32.3 Å². The first kappa shape index (κ1) is 23.9. The van der Waals surface area contributed by atoms with Crippen molar-refractivity contribution in [3.8, 4) is 21.7 Å². The predicted molar refractivity (Wildman–Crippen MR) is 147 cm³/mol. The Kier molecular flexibility index (Phi) is 5.73. The van der Waals surface area contributed by atoms with Crippen molar-refractivity contribution in [1.82, 2.24) is 3.97 Å². The summed E-state index contributed by atoms with van der Waals surface area (Å²) in [5.74, 6) is -1.31. The number of carbonyl (C=O) groups is 1. The van der Waals surface area contributed by atoms with Crippen molar-refractivity contribution in [2.75, 3.05) is 0 Å². The monoisotopic (exact) mass is 564 g/mol. The summed E-state index contributed by atoms with van der Waals surface area (Å²) in [6.45, 7) is 7.69. The second kappa shape index (κ2) is 8.85. The minimum Gasteiger partial charge on any atom is -0.481 e. The predicted octanol–water partition coefficient (Wildman–Crippen LogP) is 7.73. The largest absolute Gasteiger partial charge is 0.481 e. The Morgan fingerprint density at radius 2 is 1.84 bits per heavy atom. The van der Waals surface area contributed by atoms with Gasteiger partial charge in [-0.05, 0) is 54.3 Å². The van der Waals surface area contributed by atoms with E-state index in [1.54, 1.807) is 24.3 Å². The highest BCUT2D eigenvalue weighted by Gasteiger charge is 2.45. The highest BCUT2D eigenvalue weighted by atomic mass is 35.5. The first-order valence-corrected chi connectivity index (χ1v) is 14.8. The molecule has 0 amide bonds. The smallest absolute Gasteiger partial charge is 0.307 e. The minimum absolute atomic E-state index is 0.0784. The molecule has 0 bridgehead atoms. The molecule has 3 heterocycles. The summed E-state index contributed by atoms with van der Waals surface area (Å²) in [4.78, 5) is 16.9. The molecule has 1 fully saturated rings. The molecular weight excluding hydrogens is 548 g/mol. The standard InChI is InChI=1S/C27H17ClN2O4S3/c1-29-26-18(12-13-35-26)24-17-4-2-3-5-21(17)30(37(33,34)16-8-6-15(28)7-9-16)25(24)23-11-10-22(36-23)19-14-20(19)27(31)32/h2-13,19-20H,14H2,(H,31,32). The van der Waals surface area contributed by atoms with E-state index in [1.807, 2.05) is 35.7 Å². The third-order valence-electron chi connectivity index (χ3n) is 6.53. The summed E-state index contributed by atoms with van der Waals surface area (Å²) in [6.07, 6.45) is 0.570. The molecule has 3 aromatic heterocycles. The Labute approximate surface area is 225 Å². The number of hydrogen-bond donors (Lipinski definition) is 1.